The van der Waals surface area contributed by atoms with Crippen molar-refractivity contribution in [2.24, 2.45) is 0 Å². The van der Waals surface area contributed by atoms with Gasteiger partial charge in [0.1, 0.15) is 0 Å². The van der Waals surface area contributed by atoms with Crippen LogP contribution in [0.3, 0.4) is 0 Å². The molecule has 1 aliphatic carbocycles. The maximum atomic E-state index is 2.72. The lowest BCUT2D eigenvalue weighted by atomic mass is 10.1. The largest absolute Gasteiger partial charge is 0.277 e. The number of hydrogen-bond donors (Lipinski definition) is 0. The van der Waals surface area contributed by atoms with Crippen molar-refractivity contribution >= 4 is 21.8 Å². The number of rotatable bonds is 0. The summed E-state index contributed by atoms with van der Waals surface area (Å²) >= 11 is 2.31. The van der Waals surface area contributed by atoms with Crippen molar-refractivity contribution in [3.05, 3.63) is 0 Å². The van der Waals surface area contributed by atoms with E-state index in [-0.39, 0.29) is 10.0 Å². The average molecular weight is 231 g/mol. The molecule has 0 aromatic heterocycles. The van der Waals surface area contributed by atoms with E-state index >= 15 is 0 Å². The SMILES string of the molecule is CN1C2(CC2)SC12CCS(C)(C)CC2. The van der Waals surface area contributed by atoms with Crippen molar-refractivity contribution in [1.82, 2.24) is 4.90 Å². The molecule has 2 aliphatic heterocycles. The molecule has 2 spiro atoms. The number of hydrogen-bond acceptors (Lipinski definition) is 2. The molecule has 14 heavy (non-hydrogen) atoms. The Morgan fingerprint density at radius 2 is 1.50 bits per heavy atom. The van der Waals surface area contributed by atoms with Crippen LogP contribution < -0.4 is 0 Å². The van der Waals surface area contributed by atoms with Crippen LogP contribution in [0, 0.1) is 0 Å². The van der Waals surface area contributed by atoms with Crippen molar-refractivity contribution < 1.29 is 0 Å². The maximum Gasteiger partial charge on any atom is 0.0711 e. The van der Waals surface area contributed by atoms with Crippen LogP contribution in [0.4, 0.5) is 0 Å². The standard InChI is InChI=1S/C11H21NS2/c1-12-10(4-5-10)13-11(12)6-8-14(2,3)9-7-11/h4-9H2,1-3H3. The fourth-order valence-electron chi connectivity index (χ4n) is 2.90. The first kappa shape index (κ1) is 9.86. The van der Waals surface area contributed by atoms with Crippen LogP contribution >= 0.6 is 21.8 Å². The predicted octanol–water partition coefficient (Wildman–Crippen LogP) is 2.71. The predicted molar refractivity (Wildman–Crippen MR) is 68.5 cm³/mol. The van der Waals surface area contributed by atoms with Crippen molar-refractivity contribution in [3.63, 3.8) is 0 Å². The summed E-state index contributed by atoms with van der Waals surface area (Å²) in [5, 5.41) is 0. The van der Waals surface area contributed by atoms with Crippen molar-refractivity contribution in [2.75, 3.05) is 31.1 Å². The zero-order valence-corrected chi connectivity index (χ0v) is 11.1. The Bertz CT molecular complexity index is 260. The highest BCUT2D eigenvalue weighted by Crippen LogP contribution is 2.71. The first-order valence-electron chi connectivity index (χ1n) is 5.61. The molecule has 0 unspecified atom stereocenters. The van der Waals surface area contributed by atoms with E-state index in [1.807, 2.05) is 0 Å². The van der Waals surface area contributed by atoms with Crippen molar-refractivity contribution in [2.45, 2.75) is 35.4 Å². The minimum absolute atomic E-state index is 0.210. The van der Waals surface area contributed by atoms with Crippen LogP contribution in [0.5, 0.6) is 0 Å². The molecule has 1 nitrogen and oxygen atoms in total. The Labute approximate surface area is 93.3 Å². The van der Waals surface area contributed by atoms with Crippen LogP contribution in [0.15, 0.2) is 0 Å². The quantitative estimate of drug-likeness (QED) is 0.631. The molecule has 3 heteroatoms. The molecule has 2 saturated heterocycles. The van der Waals surface area contributed by atoms with Gasteiger partial charge in [0.15, 0.2) is 0 Å². The fourth-order valence-corrected chi connectivity index (χ4v) is 7.06. The molecule has 3 fully saturated rings. The van der Waals surface area contributed by atoms with E-state index in [9.17, 15) is 0 Å². The lowest BCUT2D eigenvalue weighted by molar-refractivity contribution is 0.127. The Morgan fingerprint density at radius 1 is 1.00 bits per heavy atom. The minimum Gasteiger partial charge on any atom is -0.277 e. The second-order valence-corrected chi connectivity index (χ2v) is 11.8. The van der Waals surface area contributed by atoms with Gasteiger partial charge in [-0.1, -0.05) is 0 Å². The van der Waals surface area contributed by atoms with Crippen LogP contribution in [-0.4, -0.2) is 45.7 Å². The van der Waals surface area contributed by atoms with Gasteiger partial charge in [0, 0.05) is 0 Å². The molecule has 0 atom stereocenters. The van der Waals surface area contributed by atoms with Crippen LogP contribution in [-0.2, 0) is 0 Å². The molecule has 0 N–H and O–H groups in total. The van der Waals surface area contributed by atoms with Crippen LogP contribution in [0.1, 0.15) is 25.7 Å². The summed E-state index contributed by atoms with van der Waals surface area (Å²) in [6.07, 6.45) is 10.8. The highest BCUT2D eigenvalue weighted by atomic mass is 32.3. The van der Waals surface area contributed by atoms with Crippen LogP contribution in [0.2, 0.25) is 0 Å². The van der Waals surface area contributed by atoms with E-state index in [0.29, 0.717) is 9.74 Å². The van der Waals surface area contributed by atoms with Gasteiger partial charge in [-0.15, -0.1) is 11.8 Å². The Hall–Kier alpha value is 0.660. The molecule has 2 heterocycles. The van der Waals surface area contributed by atoms with Gasteiger partial charge in [-0.05, 0) is 56.7 Å². The highest BCUT2D eigenvalue weighted by molar-refractivity contribution is 8.32. The van der Waals surface area contributed by atoms with Gasteiger partial charge >= 0.3 is 0 Å². The summed E-state index contributed by atoms with van der Waals surface area (Å²) in [5.74, 6) is 3.00. The lowest BCUT2D eigenvalue weighted by Gasteiger charge is -2.61. The third-order valence-electron chi connectivity index (χ3n) is 4.37. The van der Waals surface area contributed by atoms with E-state index in [0.717, 1.165) is 0 Å². The summed E-state index contributed by atoms with van der Waals surface area (Å²) in [6.45, 7) is 0. The van der Waals surface area contributed by atoms with Gasteiger partial charge in [-0.3, -0.25) is 4.90 Å². The van der Waals surface area contributed by atoms with E-state index in [1.165, 1.54) is 37.2 Å². The van der Waals surface area contributed by atoms with Gasteiger partial charge in [0.2, 0.25) is 0 Å². The minimum atomic E-state index is -0.210. The van der Waals surface area contributed by atoms with E-state index in [4.69, 9.17) is 0 Å². The fraction of sp³-hybridized carbons (Fsp3) is 1.00. The summed E-state index contributed by atoms with van der Waals surface area (Å²) in [4.78, 5) is 3.94. The van der Waals surface area contributed by atoms with E-state index in [2.05, 4.69) is 36.2 Å². The van der Waals surface area contributed by atoms with E-state index < -0.39 is 0 Å². The molecule has 0 radical (unpaired) electrons. The summed E-state index contributed by atoms with van der Waals surface area (Å²) in [5.41, 5.74) is 0. The molecule has 0 aromatic rings. The first-order valence-corrected chi connectivity index (χ1v) is 9.21. The maximum absolute atomic E-state index is 2.72. The highest BCUT2D eigenvalue weighted by Gasteiger charge is 2.66. The third-order valence-corrected chi connectivity index (χ3v) is 9.11. The van der Waals surface area contributed by atoms with Gasteiger partial charge < -0.3 is 0 Å². The molecule has 3 rings (SSSR count). The molecule has 1 saturated carbocycles. The molecule has 0 aromatic carbocycles. The second kappa shape index (κ2) is 2.67. The van der Waals surface area contributed by atoms with Gasteiger partial charge in [-0.25, -0.2) is 10.0 Å². The Kier molecular flexibility index (Phi) is 1.88. The summed E-state index contributed by atoms with van der Waals surface area (Å²) in [6, 6.07) is 0. The molecular formula is C11H21NS2. The molecule has 0 amide bonds. The molecular weight excluding hydrogens is 210 g/mol. The average Bonchev–Trinajstić information content (AvgIpc) is 2.91. The smallest absolute Gasteiger partial charge is 0.0711 e. The van der Waals surface area contributed by atoms with Gasteiger partial charge in [0.05, 0.1) is 9.74 Å². The van der Waals surface area contributed by atoms with Crippen molar-refractivity contribution in [1.29, 1.82) is 0 Å². The van der Waals surface area contributed by atoms with E-state index in [1.54, 1.807) is 0 Å². The topological polar surface area (TPSA) is 3.24 Å². The van der Waals surface area contributed by atoms with Crippen molar-refractivity contribution in [3.8, 4) is 0 Å². The third kappa shape index (κ3) is 1.21. The zero-order chi connectivity index (χ0) is 10.0. The molecule has 3 aliphatic rings. The normalized spacial score (nSPS) is 39.4. The Morgan fingerprint density at radius 3 is 1.93 bits per heavy atom. The molecule has 82 valence electrons. The number of nitrogens with zero attached hydrogens (tertiary/aromatic N) is 1. The van der Waals surface area contributed by atoms with Gasteiger partial charge in [0.25, 0.3) is 0 Å². The Balaban J connectivity index is 1.70. The summed E-state index contributed by atoms with van der Waals surface area (Å²) in [7, 11) is 2.16. The first-order chi connectivity index (χ1) is 6.48. The zero-order valence-electron chi connectivity index (χ0n) is 9.51. The van der Waals surface area contributed by atoms with Gasteiger partial charge in [-0.2, -0.15) is 0 Å². The monoisotopic (exact) mass is 231 g/mol. The lowest BCUT2D eigenvalue weighted by Crippen LogP contribution is -2.62. The summed E-state index contributed by atoms with van der Waals surface area (Å²) < 4.78 is 0. The van der Waals surface area contributed by atoms with Crippen LogP contribution in [0.25, 0.3) is 0 Å². The second-order valence-electron chi connectivity index (χ2n) is 5.73. The number of thioether (sulfide) groups is 1. The molecule has 0 bridgehead atoms.